The van der Waals surface area contributed by atoms with E-state index in [9.17, 15) is 4.79 Å². The van der Waals surface area contributed by atoms with Crippen molar-refractivity contribution in [3.05, 3.63) is 41.3 Å². The third-order valence-corrected chi connectivity index (χ3v) is 3.50. The standard InChI is InChI=1S/C14H15NO3S/c1-4-17-13(16)12-8-18-14(15-12)19-11-6-5-9(2)10(3)7-11/h5-8H,4H2,1-3H3. The van der Waals surface area contributed by atoms with Crippen molar-refractivity contribution in [2.75, 3.05) is 6.61 Å². The smallest absolute Gasteiger partial charge is 0.360 e. The van der Waals surface area contributed by atoms with Crippen LogP contribution in [0.25, 0.3) is 0 Å². The molecule has 0 N–H and O–H groups in total. The summed E-state index contributed by atoms with van der Waals surface area (Å²) in [7, 11) is 0. The second-order valence-corrected chi connectivity index (χ2v) is 5.09. The molecule has 100 valence electrons. The van der Waals surface area contributed by atoms with Crippen LogP contribution in [0.1, 0.15) is 28.5 Å². The molecule has 5 heteroatoms. The fourth-order valence-corrected chi connectivity index (χ4v) is 2.29. The summed E-state index contributed by atoms with van der Waals surface area (Å²) in [5.41, 5.74) is 2.65. The van der Waals surface area contributed by atoms with Gasteiger partial charge >= 0.3 is 5.97 Å². The van der Waals surface area contributed by atoms with Gasteiger partial charge in [-0.05, 0) is 55.8 Å². The molecule has 0 saturated carbocycles. The van der Waals surface area contributed by atoms with Crippen LogP contribution in [0.15, 0.2) is 39.0 Å². The predicted molar refractivity (Wildman–Crippen MR) is 72.5 cm³/mol. The second-order valence-electron chi connectivity index (χ2n) is 4.07. The van der Waals surface area contributed by atoms with Gasteiger partial charge in [0.2, 0.25) is 0 Å². The molecule has 0 saturated heterocycles. The van der Waals surface area contributed by atoms with Crippen molar-refractivity contribution < 1.29 is 13.9 Å². The zero-order chi connectivity index (χ0) is 13.8. The first-order valence-corrected chi connectivity index (χ1v) is 6.79. The minimum atomic E-state index is -0.460. The topological polar surface area (TPSA) is 52.3 Å². The first kappa shape index (κ1) is 13.7. The second kappa shape index (κ2) is 5.93. The number of benzene rings is 1. The number of oxazole rings is 1. The molecule has 0 unspecified atom stereocenters. The van der Waals surface area contributed by atoms with E-state index >= 15 is 0 Å². The largest absolute Gasteiger partial charge is 0.461 e. The lowest BCUT2D eigenvalue weighted by Gasteiger charge is -2.02. The van der Waals surface area contributed by atoms with E-state index in [1.165, 1.54) is 29.2 Å². The number of nitrogens with zero attached hydrogens (tertiary/aromatic N) is 1. The number of rotatable bonds is 4. The van der Waals surface area contributed by atoms with E-state index < -0.39 is 5.97 Å². The van der Waals surface area contributed by atoms with Gasteiger partial charge in [0.15, 0.2) is 5.69 Å². The molecule has 4 nitrogen and oxygen atoms in total. The van der Waals surface area contributed by atoms with Gasteiger partial charge in [0, 0.05) is 4.90 Å². The summed E-state index contributed by atoms with van der Waals surface area (Å²) < 4.78 is 10.1. The molecule has 1 aromatic heterocycles. The van der Waals surface area contributed by atoms with Gasteiger partial charge in [-0.2, -0.15) is 4.98 Å². The first-order valence-electron chi connectivity index (χ1n) is 5.98. The Morgan fingerprint density at radius 2 is 2.16 bits per heavy atom. The van der Waals surface area contributed by atoms with Crippen molar-refractivity contribution in [1.82, 2.24) is 4.98 Å². The molecule has 0 radical (unpaired) electrons. The molecule has 19 heavy (non-hydrogen) atoms. The molecule has 0 aliphatic carbocycles. The van der Waals surface area contributed by atoms with Gasteiger partial charge < -0.3 is 9.15 Å². The monoisotopic (exact) mass is 277 g/mol. The molecule has 0 atom stereocenters. The van der Waals surface area contributed by atoms with Crippen LogP contribution in [0.4, 0.5) is 0 Å². The fourth-order valence-electron chi connectivity index (χ4n) is 1.48. The van der Waals surface area contributed by atoms with Crippen molar-refractivity contribution in [3.8, 4) is 0 Å². The average Bonchev–Trinajstić information content (AvgIpc) is 2.83. The van der Waals surface area contributed by atoms with Crippen LogP contribution in [0.2, 0.25) is 0 Å². The number of ether oxygens (including phenoxy) is 1. The molecule has 0 aliphatic rings. The molecule has 0 bridgehead atoms. The molecule has 1 aromatic carbocycles. The maximum atomic E-state index is 11.5. The quantitative estimate of drug-likeness (QED) is 0.799. The van der Waals surface area contributed by atoms with Crippen molar-refractivity contribution >= 4 is 17.7 Å². The Balaban J connectivity index is 2.11. The Kier molecular flexibility index (Phi) is 4.27. The van der Waals surface area contributed by atoms with Gasteiger partial charge in [-0.3, -0.25) is 0 Å². The lowest BCUT2D eigenvalue weighted by atomic mass is 10.1. The molecule has 2 aromatic rings. The van der Waals surface area contributed by atoms with Crippen molar-refractivity contribution in [1.29, 1.82) is 0 Å². The number of esters is 1. The minimum Gasteiger partial charge on any atom is -0.461 e. The van der Waals surface area contributed by atoms with Crippen molar-refractivity contribution in [2.24, 2.45) is 0 Å². The van der Waals surface area contributed by atoms with Gasteiger partial charge in [-0.1, -0.05) is 6.07 Å². The third kappa shape index (κ3) is 3.38. The van der Waals surface area contributed by atoms with Crippen LogP contribution in [0, 0.1) is 13.8 Å². The van der Waals surface area contributed by atoms with Crippen molar-refractivity contribution in [2.45, 2.75) is 30.9 Å². The van der Waals surface area contributed by atoms with Crippen LogP contribution in [-0.4, -0.2) is 17.6 Å². The summed E-state index contributed by atoms with van der Waals surface area (Å²) in [6.45, 7) is 6.20. The van der Waals surface area contributed by atoms with E-state index in [0.717, 1.165) is 4.90 Å². The maximum Gasteiger partial charge on any atom is 0.360 e. The van der Waals surface area contributed by atoms with E-state index in [1.54, 1.807) is 6.92 Å². The highest BCUT2D eigenvalue weighted by molar-refractivity contribution is 7.99. The lowest BCUT2D eigenvalue weighted by molar-refractivity contribution is 0.0519. The molecular weight excluding hydrogens is 262 g/mol. The molecule has 0 aliphatic heterocycles. The molecule has 1 heterocycles. The van der Waals surface area contributed by atoms with E-state index in [0.29, 0.717) is 11.8 Å². The number of carbonyl (C=O) groups excluding carboxylic acids is 1. The molecule has 0 amide bonds. The maximum absolute atomic E-state index is 11.5. The van der Waals surface area contributed by atoms with Gasteiger partial charge in [0.1, 0.15) is 6.26 Å². The number of hydrogen-bond acceptors (Lipinski definition) is 5. The Hall–Kier alpha value is -1.75. The third-order valence-electron chi connectivity index (χ3n) is 2.65. The van der Waals surface area contributed by atoms with Gasteiger partial charge in [0.25, 0.3) is 5.22 Å². The Bertz CT molecular complexity index is 592. The van der Waals surface area contributed by atoms with E-state index in [2.05, 4.69) is 24.9 Å². The normalized spacial score (nSPS) is 10.5. The number of hydrogen-bond donors (Lipinski definition) is 0. The Morgan fingerprint density at radius 3 is 2.84 bits per heavy atom. The zero-order valence-electron chi connectivity index (χ0n) is 11.1. The van der Waals surface area contributed by atoms with E-state index in [4.69, 9.17) is 9.15 Å². The van der Waals surface area contributed by atoms with Gasteiger partial charge in [-0.25, -0.2) is 4.79 Å². The van der Waals surface area contributed by atoms with Crippen LogP contribution in [0.3, 0.4) is 0 Å². The number of carbonyl (C=O) groups is 1. The molecule has 0 fully saturated rings. The molecule has 2 rings (SSSR count). The summed E-state index contributed by atoms with van der Waals surface area (Å²) in [4.78, 5) is 16.6. The van der Waals surface area contributed by atoms with Crippen LogP contribution in [0.5, 0.6) is 0 Å². The fraction of sp³-hybridized carbons (Fsp3) is 0.286. The van der Waals surface area contributed by atoms with Gasteiger partial charge in [0.05, 0.1) is 6.61 Å². The SMILES string of the molecule is CCOC(=O)c1coc(Sc2ccc(C)c(C)c2)n1. The molecular formula is C14H15NO3S. The summed E-state index contributed by atoms with van der Waals surface area (Å²) in [6.07, 6.45) is 1.32. The predicted octanol–water partition coefficient (Wildman–Crippen LogP) is 3.62. The highest BCUT2D eigenvalue weighted by atomic mass is 32.2. The average molecular weight is 277 g/mol. The van der Waals surface area contributed by atoms with E-state index in [-0.39, 0.29) is 5.69 Å². The van der Waals surface area contributed by atoms with Crippen molar-refractivity contribution in [3.63, 3.8) is 0 Å². The van der Waals surface area contributed by atoms with Gasteiger partial charge in [-0.15, -0.1) is 0 Å². The number of aryl methyl sites for hydroxylation is 2. The van der Waals surface area contributed by atoms with E-state index in [1.807, 2.05) is 12.1 Å². The van der Waals surface area contributed by atoms with Crippen LogP contribution in [-0.2, 0) is 4.74 Å². The molecule has 0 spiro atoms. The Labute approximate surface area is 116 Å². The Morgan fingerprint density at radius 1 is 1.37 bits per heavy atom. The summed E-state index contributed by atoms with van der Waals surface area (Å²) in [5.74, 6) is -0.460. The highest BCUT2D eigenvalue weighted by Gasteiger charge is 2.14. The summed E-state index contributed by atoms with van der Waals surface area (Å²) in [6, 6.07) is 6.11. The minimum absolute atomic E-state index is 0.202. The summed E-state index contributed by atoms with van der Waals surface area (Å²) in [5, 5.41) is 0.436. The lowest BCUT2D eigenvalue weighted by Crippen LogP contribution is -2.04. The summed E-state index contributed by atoms with van der Waals surface area (Å²) >= 11 is 1.38. The van der Waals surface area contributed by atoms with Crippen LogP contribution < -0.4 is 0 Å². The first-order chi connectivity index (χ1) is 9.10. The zero-order valence-corrected chi connectivity index (χ0v) is 11.9. The number of aromatic nitrogens is 1. The highest BCUT2D eigenvalue weighted by Crippen LogP contribution is 2.28. The van der Waals surface area contributed by atoms with Crippen LogP contribution >= 0.6 is 11.8 Å².